The second-order valence-corrected chi connectivity index (χ2v) is 6.53. The number of rotatable bonds is 3. The van der Waals surface area contributed by atoms with Crippen LogP contribution in [0.5, 0.6) is 0 Å². The molecule has 2 aromatic rings. The van der Waals surface area contributed by atoms with Crippen molar-refractivity contribution < 1.29 is 9.18 Å². The molecule has 22 heavy (non-hydrogen) atoms. The van der Waals surface area contributed by atoms with E-state index in [1.165, 1.54) is 12.1 Å². The van der Waals surface area contributed by atoms with Gasteiger partial charge < -0.3 is 10.6 Å². The molecule has 0 heterocycles. The number of carbonyl (C=O) groups excluding carboxylic acids is 1. The summed E-state index contributed by atoms with van der Waals surface area (Å²) in [4.78, 5) is 12.2. The molecule has 2 rings (SSSR count). The van der Waals surface area contributed by atoms with Gasteiger partial charge in [0, 0.05) is 10.2 Å². The van der Waals surface area contributed by atoms with Gasteiger partial charge in [-0.1, -0.05) is 28.1 Å². The maximum atomic E-state index is 13.0. The molecule has 2 amide bonds. The molecule has 0 aliphatic rings. The summed E-state index contributed by atoms with van der Waals surface area (Å²) < 4.78 is 14.0. The van der Waals surface area contributed by atoms with Crippen molar-refractivity contribution >= 4 is 27.6 Å². The predicted octanol–water partition coefficient (Wildman–Crippen LogP) is 4.95. The number of benzene rings is 2. The van der Waals surface area contributed by atoms with E-state index < -0.39 is 5.54 Å². The first-order chi connectivity index (χ1) is 10.3. The number of nitrogens with one attached hydrogen (secondary N) is 2. The lowest BCUT2D eigenvalue weighted by Crippen LogP contribution is -2.43. The zero-order chi connectivity index (χ0) is 16.3. The maximum Gasteiger partial charge on any atom is 0.319 e. The highest BCUT2D eigenvalue weighted by Gasteiger charge is 2.22. The second kappa shape index (κ2) is 6.48. The van der Waals surface area contributed by atoms with E-state index in [2.05, 4.69) is 26.6 Å². The summed E-state index contributed by atoms with van der Waals surface area (Å²) in [7, 11) is 0. The minimum Gasteiger partial charge on any atom is -0.329 e. The number of carbonyl (C=O) groups is 1. The number of amides is 2. The Balaban J connectivity index is 2.07. The van der Waals surface area contributed by atoms with Crippen LogP contribution in [0.4, 0.5) is 14.9 Å². The Morgan fingerprint density at radius 1 is 1.14 bits per heavy atom. The Hall–Kier alpha value is -1.88. The normalized spacial score (nSPS) is 11.1. The van der Waals surface area contributed by atoms with Gasteiger partial charge in [0.1, 0.15) is 5.82 Å². The van der Waals surface area contributed by atoms with Crippen LogP contribution >= 0.6 is 15.9 Å². The molecule has 0 atom stereocenters. The minimum atomic E-state index is -0.609. The van der Waals surface area contributed by atoms with Crippen LogP contribution in [0.15, 0.2) is 46.9 Å². The lowest BCUT2D eigenvalue weighted by molar-refractivity contribution is 0.242. The molecule has 3 nitrogen and oxygen atoms in total. The molecular formula is C17H18BrFN2O. The van der Waals surface area contributed by atoms with Crippen LogP contribution in [0.1, 0.15) is 25.0 Å². The monoisotopic (exact) mass is 364 g/mol. The van der Waals surface area contributed by atoms with Crippen molar-refractivity contribution in [2.45, 2.75) is 26.3 Å². The molecule has 2 aromatic carbocycles. The van der Waals surface area contributed by atoms with E-state index in [0.29, 0.717) is 5.69 Å². The van der Waals surface area contributed by atoms with Gasteiger partial charge in [0.2, 0.25) is 0 Å². The van der Waals surface area contributed by atoms with E-state index in [9.17, 15) is 9.18 Å². The average Bonchev–Trinajstić information content (AvgIpc) is 2.42. The first-order valence-electron chi connectivity index (χ1n) is 6.89. The Morgan fingerprint density at radius 2 is 1.77 bits per heavy atom. The second-order valence-electron chi connectivity index (χ2n) is 5.67. The molecule has 0 bridgehead atoms. The van der Waals surface area contributed by atoms with Crippen LogP contribution in [0.25, 0.3) is 0 Å². The molecule has 5 heteroatoms. The van der Waals surface area contributed by atoms with Crippen LogP contribution in [0.2, 0.25) is 0 Å². The van der Waals surface area contributed by atoms with E-state index in [1.807, 2.05) is 39.0 Å². The van der Waals surface area contributed by atoms with Gasteiger partial charge in [-0.25, -0.2) is 9.18 Å². The van der Waals surface area contributed by atoms with Gasteiger partial charge in [-0.3, -0.25) is 0 Å². The van der Waals surface area contributed by atoms with E-state index in [0.717, 1.165) is 15.6 Å². The van der Waals surface area contributed by atoms with Gasteiger partial charge in [-0.05, 0) is 62.2 Å². The molecule has 0 aliphatic carbocycles. The molecule has 0 aromatic heterocycles. The van der Waals surface area contributed by atoms with Crippen molar-refractivity contribution in [3.8, 4) is 0 Å². The zero-order valence-electron chi connectivity index (χ0n) is 12.7. The largest absolute Gasteiger partial charge is 0.329 e. The Labute approximate surface area is 138 Å². The Morgan fingerprint density at radius 3 is 2.36 bits per heavy atom. The van der Waals surface area contributed by atoms with E-state index >= 15 is 0 Å². The van der Waals surface area contributed by atoms with E-state index in [4.69, 9.17) is 0 Å². The first kappa shape index (κ1) is 16.5. The highest BCUT2D eigenvalue weighted by atomic mass is 79.9. The van der Waals surface area contributed by atoms with Crippen LogP contribution < -0.4 is 10.6 Å². The number of anilines is 1. The lowest BCUT2D eigenvalue weighted by atomic mass is 9.94. The summed E-state index contributed by atoms with van der Waals surface area (Å²) in [5.41, 5.74) is 1.97. The van der Waals surface area contributed by atoms with E-state index in [-0.39, 0.29) is 11.8 Å². The van der Waals surface area contributed by atoms with Gasteiger partial charge in [0.25, 0.3) is 0 Å². The predicted molar refractivity (Wildman–Crippen MR) is 90.5 cm³/mol. The molecular weight excluding hydrogens is 347 g/mol. The zero-order valence-corrected chi connectivity index (χ0v) is 14.3. The third kappa shape index (κ3) is 4.07. The standard InChI is InChI=1S/C17H18BrFN2O/c1-11-10-14(8-9-15(11)18)20-16(22)21-17(2,3)12-4-6-13(19)7-5-12/h4-10H,1-3H3,(H2,20,21,22). The molecule has 0 radical (unpaired) electrons. The quantitative estimate of drug-likeness (QED) is 0.794. The summed E-state index contributed by atoms with van der Waals surface area (Å²) in [6.07, 6.45) is 0. The van der Waals surface area contributed by atoms with Crippen molar-refractivity contribution in [3.63, 3.8) is 0 Å². The van der Waals surface area contributed by atoms with Crippen molar-refractivity contribution in [1.29, 1.82) is 0 Å². The summed E-state index contributed by atoms with van der Waals surface area (Å²) >= 11 is 3.42. The molecule has 0 unspecified atom stereocenters. The topological polar surface area (TPSA) is 41.1 Å². The molecule has 2 N–H and O–H groups in total. The molecule has 116 valence electrons. The third-order valence-corrected chi connectivity index (χ3v) is 4.30. The van der Waals surface area contributed by atoms with Crippen molar-refractivity contribution in [2.24, 2.45) is 0 Å². The van der Waals surface area contributed by atoms with Gasteiger partial charge >= 0.3 is 6.03 Å². The van der Waals surface area contributed by atoms with Crippen molar-refractivity contribution in [1.82, 2.24) is 5.32 Å². The number of hydrogen-bond donors (Lipinski definition) is 2. The molecule has 0 spiro atoms. The van der Waals surface area contributed by atoms with Crippen molar-refractivity contribution in [3.05, 3.63) is 63.9 Å². The molecule has 0 aliphatic heterocycles. The third-order valence-electron chi connectivity index (χ3n) is 3.41. The lowest BCUT2D eigenvalue weighted by Gasteiger charge is -2.27. The molecule has 0 saturated carbocycles. The first-order valence-corrected chi connectivity index (χ1v) is 7.68. The number of urea groups is 1. The highest BCUT2D eigenvalue weighted by molar-refractivity contribution is 9.10. The number of halogens is 2. The van der Waals surface area contributed by atoms with Crippen LogP contribution in [-0.4, -0.2) is 6.03 Å². The molecule has 0 fully saturated rings. The fraction of sp³-hybridized carbons (Fsp3) is 0.235. The summed E-state index contributed by atoms with van der Waals surface area (Å²) in [6.45, 7) is 5.69. The van der Waals surface area contributed by atoms with Crippen LogP contribution in [0, 0.1) is 12.7 Å². The number of hydrogen-bond acceptors (Lipinski definition) is 1. The Kier molecular flexibility index (Phi) is 4.86. The minimum absolute atomic E-state index is 0.297. The summed E-state index contributed by atoms with van der Waals surface area (Å²) in [5.74, 6) is -0.297. The fourth-order valence-electron chi connectivity index (χ4n) is 2.11. The van der Waals surface area contributed by atoms with Crippen LogP contribution in [0.3, 0.4) is 0 Å². The van der Waals surface area contributed by atoms with E-state index in [1.54, 1.807) is 12.1 Å². The SMILES string of the molecule is Cc1cc(NC(=O)NC(C)(C)c2ccc(F)cc2)ccc1Br. The van der Waals surface area contributed by atoms with Gasteiger partial charge in [0.15, 0.2) is 0 Å². The van der Waals surface area contributed by atoms with Gasteiger partial charge in [-0.15, -0.1) is 0 Å². The van der Waals surface area contributed by atoms with Gasteiger partial charge in [0.05, 0.1) is 5.54 Å². The smallest absolute Gasteiger partial charge is 0.319 e. The Bertz CT molecular complexity index is 684. The summed E-state index contributed by atoms with van der Waals surface area (Å²) in [6, 6.07) is 11.4. The molecule has 0 saturated heterocycles. The average molecular weight is 365 g/mol. The highest BCUT2D eigenvalue weighted by Crippen LogP contribution is 2.22. The van der Waals surface area contributed by atoms with Crippen molar-refractivity contribution in [2.75, 3.05) is 5.32 Å². The fourth-order valence-corrected chi connectivity index (χ4v) is 2.35. The summed E-state index contributed by atoms with van der Waals surface area (Å²) in [5, 5.41) is 5.69. The van der Waals surface area contributed by atoms with Gasteiger partial charge in [-0.2, -0.15) is 0 Å². The van der Waals surface area contributed by atoms with Crippen LogP contribution in [-0.2, 0) is 5.54 Å². The maximum absolute atomic E-state index is 13.0. The number of aryl methyl sites for hydroxylation is 1.